The Labute approximate surface area is 128 Å². The molecule has 0 aliphatic carbocycles. The number of ketones is 1. The van der Waals surface area contributed by atoms with Gasteiger partial charge in [-0.05, 0) is 70.5 Å². The van der Waals surface area contributed by atoms with Gasteiger partial charge in [0.15, 0.2) is 5.78 Å². The Morgan fingerprint density at radius 1 is 1.14 bits per heavy atom. The zero-order chi connectivity index (χ0) is 15.3. The maximum absolute atomic E-state index is 13.0. The van der Waals surface area contributed by atoms with E-state index in [0.29, 0.717) is 6.61 Å². The summed E-state index contributed by atoms with van der Waals surface area (Å²) in [6, 6.07) is 7.57. The number of nitrogens with zero attached hydrogens (tertiary/aromatic N) is 1. The molecule has 0 bridgehead atoms. The molecular weight excluding hydrogens is 262 g/mol. The van der Waals surface area contributed by atoms with Crippen molar-refractivity contribution in [3.63, 3.8) is 0 Å². The average molecular weight is 289 g/mol. The molecule has 3 nitrogen and oxygen atoms in total. The van der Waals surface area contributed by atoms with Crippen LogP contribution in [0, 0.1) is 0 Å². The number of piperidine rings is 1. The lowest BCUT2D eigenvalue weighted by molar-refractivity contribution is 0.0505. The summed E-state index contributed by atoms with van der Waals surface area (Å²) >= 11 is 0. The van der Waals surface area contributed by atoms with Crippen LogP contribution in [0.3, 0.4) is 0 Å². The Morgan fingerprint density at radius 3 is 2.29 bits per heavy atom. The monoisotopic (exact) mass is 289 g/mol. The first kappa shape index (κ1) is 16.0. The van der Waals surface area contributed by atoms with E-state index in [2.05, 4.69) is 18.7 Å². The topological polar surface area (TPSA) is 29.5 Å². The first-order valence-electron chi connectivity index (χ1n) is 8.14. The highest BCUT2D eigenvalue weighted by Crippen LogP contribution is 2.28. The quantitative estimate of drug-likeness (QED) is 0.743. The van der Waals surface area contributed by atoms with Crippen LogP contribution in [0.2, 0.25) is 0 Å². The molecular formula is C18H27NO2. The zero-order valence-corrected chi connectivity index (χ0v) is 13.5. The molecule has 1 atom stereocenters. The van der Waals surface area contributed by atoms with Gasteiger partial charge in [0, 0.05) is 5.56 Å². The number of Topliss-reactive ketones (excluding diaryl/α,β-unsaturated/α-hetero) is 1. The lowest BCUT2D eigenvalue weighted by atomic mass is 9.85. The van der Waals surface area contributed by atoms with Gasteiger partial charge in [-0.2, -0.15) is 0 Å². The second-order valence-corrected chi connectivity index (χ2v) is 5.96. The van der Waals surface area contributed by atoms with E-state index in [1.165, 1.54) is 19.3 Å². The second kappa shape index (κ2) is 7.08. The van der Waals surface area contributed by atoms with Crippen LogP contribution in [-0.4, -0.2) is 35.9 Å². The molecule has 0 aromatic heterocycles. The molecule has 116 valence electrons. The molecule has 1 aliphatic rings. The van der Waals surface area contributed by atoms with Gasteiger partial charge < -0.3 is 4.74 Å². The van der Waals surface area contributed by atoms with Gasteiger partial charge in [-0.15, -0.1) is 0 Å². The number of likely N-dealkylation sites (tertiary alicyclic amines) is 1. The highest BCUT2D eigenvalue weighted by atomic mass is 16.5. The van der Waals surface area contributed by atoms with E-state index in [1.54, 1.807) is 0 Å². The summed E-state index contributed by atoms with van der Waals surface area (Å²) in [7, 11) is 0. The first-order chi connectivity index (χ1) is 10.1. The van der Waals surface area contributed by atoms with Crippen LogP contribution in [0.1, 0.15) is 56.8 Å². The summed E-state index contributed by atoms with van der Waals surface area (Å²) < 4.78 is 5.45. The van der Waals surface area contributed by atoms with Crippen molar-refractivity contribution in [1.29, 1.82) is 0 Å². The number of hydrogen-bond acceptors (Lipinski definition) is 3. The molecule has 1 fully saturated rings. The molecule has 3 heteroatoms. The molecule has 1 aromatic rings. The highest BCUT2D eigenvalue weighted by molar-refractivity contribution is 6.03. The Kier molecular flexibility index (Phi) is 5.40. The van der Waals surface area contributed by atoms with Crippen molar-refractivity contribution in [1.82, 2.24) is 4.90 Å². The summed E-state index contributed by atoms with van der Waals surface area (Å²) in [4.78, 5) is 15.4. The molecule has 1 unspecified atom stereocenters. The minimum atomic E-state index is -0.381. The Hall–Kier alpha value is -1.35. The van der Waals surface area contributed by atoms with Crippen molar-refractivity contribution in [3.05, 3.63) is 29.8 Å². The molecule has 0 N–H and O–H groups in total. The van der Waals surface area contributed by atoms with Gasteiger partial charge in [0.1, 0.15) is 5.75 Å². The molecule has 0 saturated carbocycles. The van der Waals surface area contributed by atoms with Crippen molar-refractivity contribution in [2.24, 2.45) is 0 Å². The van der Waals surface area contributed by atoms with E-state index in [-0.39, 0.29) is 11.3 Å². The van der Waals surface area contributed by atoms with Crippen molar-refractivity contribution in [3.8, 4) is 5.75 Å². The number of ether oxygens (including phenoxy) is 1. The van der Waals surface area contributed by atoms with E-state index in [9.17, 15) is 4.79 Å². The van der Waals surface area contributed by atoms with Crippen molar-refractivity contribution < 1.29 is 9.53 Å². The van der Waals surface area contributed by atoms with E-state index >= 15 is 0 Å². The Balaban J connectivity index is 2.18. The fraction of sp³-hybridized carbons (Fsp3) is 0.611. The number of hydrogen-bond donors (Lipinski definition) is 0. The third-order valence-electron chi connectivity index (χ3n) is 4.66. The summed E-state index contributed by atoms with van der Waals surface area (Å²) in [6.07, 6.45) is 4.53. The molecule has 21 heavy (non-hydrogen) atoms. The summed E-state index contributed by atoms with van der Waals surface area (Å²) in [5.41, 5.74) is 0.404. The van der Waals surface area contributed by atoms with Gasteiger partial charge in [0.05, 0.1) is 12.1 Å². The van der Waals surface area contributed by atoms with Gasteiger partial charge in [-0.1, -0.05) is 13.3 Å². The predicted octanol–water partition coefficient (Wildman–Crippen LogP) is 3.92. The van der Waals surface area contributed by atoms with Gasteiger partial charge in [0.2, 0.25) is 0 Å². The number of carbonyl (C=O) groups is 1. The van der Waals surface area contributed by atoms with Gasteiger partial charge >= 0.3 is 0 Å². The van der Waals surface area contributed by atoms with Crippen LogP contribution in [0.5, 0.6) is 5.75 Å². The van der Waals surface area contributed by atoms with E-state index in [1.807, 2.05) is 31.2 Å². The normalized spacial score (nSPS) is 19.0. The molecule has 1 heterocycles. The van der Waals surface area contributed by atoms with Crippen LogP contribution >= 0.6 is 0 Å². The van der Waals surface area contributed by atoms with Gasteiger partial charge in [-0.3, -0.25) is 9.69 Å². The van der Waals surface area contributed by atoms with Crippen molar-refractivity contribution >= 4 is 5.78 Å². The minimum absolute atomic E-state index is 0.231. The summed E-state index contributed by atoms with van der Waals surface area (Å²) in [6.45, 7) is 8.88. The SMILES string of the molecule is CCOc1ccc(C(=O)C(C)(CC)N2CCCCC2)cc1. The molecule has 1 saturated heterocycles. The van der Waals surface area contributed by atoms with Crippen LogP contribution in [-0.2, 0) is 0 Å². The second-order valence-electron chi connectivity index (χ2n) is 5.96. The van der Waals surface area contributed by atoms with Crippen LogP contribution in [0.15, 0.2) is 24.3 Å². The van der Waals surface area contributed by atoms with Gasteiger partial charge in [-0.25, -0.2) is 0 Å². The average Bonchev–Trinajstić information content (AvgIpc) is 2.55. The lowest BCUT2D eigenvalue weighted by Crippen LogP contribution is -2.53. The molecule has 0 amide bonds. The number of benzene rings is 1. The first-order valence-corrected chi connectivity index (χ1v) is 8.14. The summed E-state index contributed by atoms with van der Waals surface area (Å²) in [5, 5.41) is 0. The van der Waals surface area contributed by atoms with Gasteiger partial charge in [0.25, 0.3) is 0 Å². The summed E-state index contributed by atoms with van der Waals surface area (Å²) in [5.74, 6) is 1.06. The lowest BCUT2D eigenvalue weighted by Gasteiger charge is -2.41. The van der Waals surface area contributed by atoms with E-state index in [4.69, 9.17) is 4.74 Å². The Bertz CT molecular complexity index is 463. The van der Waals surface area contributed by atoms with Crippen LogP contribution < -0.4 is 4.74 Å². The third-order valence-corrected chi connectivity index (χ3v) is 4.66. The minimum Gasteiger partial charge on any atom is -0.494 e. The molecule has 1 aliphatic heterocycles. The number of rotatable bonds is 6. The molecule has 2 rings (SSSR count). The van der Waals surface area contributed by atoms with E-state index < -0.39 is 0 Å². The zero-order valence-electron chi connectivity index (χ0n) is 13.5. The molecule has 1 aromatic carbocycles. The smallest absolute Gasteiger partial charge is 0.182 e. The highest BCUT2D eigenvalue weighted by Gasteiger charge is 2.38. The van der Waals surface area contributed by atoms with E-state index in [0.717, 1.165) is 30.8 Å². The fourth-order valence-corrected chi connectivity index (χ4v) is 3.10. The van der Waals surface area contributed by atoms with Crippen LogP contribution in [0.4, 0.5) is 0 Å². The maximum Gasteiger partial charge on any atom is 0.182 e. The fourth-order valence-electron chi connectivity index (χ4n) is 3.10. The molecule has 0 spiro atoms. The van der Waals surface area contributed by atoms with Crippen molar-refractivity contribution in [2.75, 3.05) is 19.7 Å². The largest absolute Gasteiger partial charge is 0.494 e. The molecule has 0 radical (unpaired) electrons. The Morgan fingerprint density at radius 2 is 1.76 bits per heavy atom. The predicted molar refractivity (Wildman–Crippen MR) is 86.1 cm³/mol. The maximum atomic E-state index is 13.0. The number of carbonyl (C=O) groups excluding carboxylic acids is 1. The standard InChI is InChI=1S/C18H27NO2/c1-4-18(3,19-13-7-6-8-14-19)17(20)15-9-11-16(12-10-15)21-5-2/h9-12H,4-8,13-14H2,1-3H3. The van der Waals surface area contributed by atoms with Crippen molar-refractivity contribution in [2.45, 2.75) is 52.0 Å². The van der Waals surface area contributed by atoms with Crippen LogP contribution in [0.25, 0.3) is 0 Å². The third kappa shape index (κ3) is 3.46.